The maximum atomic E-state index is 11.3. The minimum atomic E-state index is -0.427. The molecule has 0 saturated heterocycles. The van der Waals surface area contributed by atoms with E-state index in [2.05, 4.69) is 41.8 Å². The Morgan fingerprint density at radius 3 is 2.76 bits per heavy atom. The molecule has 0 fully saturated rings. The molecule has 2 aromatic rings. The van der Waals surface area contributed by atoms with Gasteiger partial charge in [-0.3, -0.25) is 4.79 Å². The van der Waals surface area contributed by atoms with Crippen LogP contribution in [0.25, 0.3) is 0 Å². The number of halogens is 1. The van der Waals surface area contributed by atoms with Crippen LogP contribution in [-0.2, 0) is 20.1 Å². The number of nitrogens with two attached hydrogens (primary N) is 1. The number of amides is 1. The predicted molar refractivity (Wildman–Crippen MR) is 104 cm³/mol. The van der Waals surface area contributed by atoms with Crippen molar-refractivity contribution in [3.05, 3.63) is 57.8 Å². The molecule has 7 heteroatoms. The van der Waals surface area contributed by atoms with Gasteiger partial charge in [-0.05, 0) is 46.6 Å². The van der Waals surface area contributed by atoms with E-state index in [4.69, 9.17) is 5.73 Å². The lowest BCUT2D eigenvalue weighted by atomic mass is 10.1. The molecule has 0 atom stereocenters. The van der Waals surface area contributed by atoms with Gasteiger partial charge in [-0.1, -0.05) is 12.1 Å². The molecular formula is C18H24BrN5O. The van der Waals surface area contributed by atoms with Crippen molar-refractivity contribution in [2.45, 2.75) is 20.0 Å². The summed E-state index contributed by atoms with van der Waals surface area (Å²) in [6.45, 7) is 4.03. The summed E-state index contributed by atoms with van der Waals surface area (Å²) in [6.07, 6.45) is 2.03. The van der Waals surface area contributed by atoms with E-state index in [1.807, 2.05) is 39.3 Å². The van der Waals surface area contributed by atoms with Gasteiger partial charge in [0.15, 0.2) is 5.96 Å². The highest BCUT2D eigenvalue weighted by Gasteiger charge is 2.10. The number of primary amides is 1. The van der Waals surface area contributed by atoms with Gasteiger partial charge < -0.3 is 20.5 Å². The Balaban J connectivity index is 2.13. The standard InChI is InChI=1S/C18H24BrN5O/c1-4-21-18(24(3)12-16-9-15(19)11-23(16)2)22-10-13-6-5-7-14(8-13)17(20)25/h5-9,11H,4,10,12H2,1-3H3,(H2,20,25)(H,21,22). The lowest BCUT2D eigenvalue weighted by Gasteiger charge is -2.22. The number of nitrogens with one attached hydrogen (secondary N) is 1. The number of hydrogen-bond donors (Lipinski definition) is 2. The van der Waals surface area contributed by atoms with E-state index in [9.17, 15) is 4.79 Å². The normalized spacial score (nSPS) is 11.4. The molecule has 2 rings (SSSR count). The third kappa shape index (κ3) is 5.35. The monoisotopic (exact) mass is 405 g/mol. The quantitative estimate of drug-likeness (QED) is 0.572. The molecule has 0 saturated carbocycles. The molecule has 0 unspecified atom stereocenters. The average molecular weight is 406 g/mol. The zero-order chi connectivity index (χ0) is 18.4. The molecule has 1 aromatic heterocycles. The fourth-order valence-corrected chi connectivity index (χ4v) is 3.07. The van der Waals surface area contributed by atoms with Crippen molar-refractivity contribution < 1.29 is 4.79 Å². The van der Waals surface area contributed by atoms with Crippen molar-refractivity contribution in [3.63, 3.8) is 0 Å². The Morgan fingerprint density at radius 1 is 1.40 bits per heavy atom. The largest absolute Gasteiger partial charge is 0.366 e. The van der Waals surface area contributed by atoms with E-state index in [1.165, 1.54) is 5.69 Å². The summed E-state index contributed by atoms with van der Waals surface area (Å²) < 4.78 is 3.14. The van der Waals surface area contributed by atoms with Crippen LogP contribution in [0.3, 0.4) is 0 Å². The summed E-state index contributed by atoms with van der Waals surface area (Å²) in [5.74, 6) is 0.383. The van der Waals surface area contributed by atoms with Crippen molar-refractivity contribution >= 4 is 27.8 Å². The molecule has 0 aliphatic carbocycles. The highest BCUT2D eigenvalue weighted by atomic mass is 79.9. The molecular weight excluding hydrogens is 382 g/mol. The van der Waals surface area contributed by atoms with Crippen LogP contribution in [0, 0.1) is 0 Å². The maximum Gasteiger partial charge on any atom is 0.248 e. The van der Waals surface area contributed by atoms with Crippen LogP contribution >= 0.6 is 15.9 Å². The number of carbonyl (C=O) groups excluding carboxylic acids is 1. The van der Waals surface area contributed by atoms with Gasteiger partial charge in [-0.15, -0.1) is 0 Å². The number of benzene rings is 1. The van der Waals surface area contributed by atoms with Gasteiger partial charge in [-0.25, -0.2) is 4.99 Å². The Kier molecular flexibility index (Phi) is 6.64. The molecule has 0 bridgehead atoms. The molecule has 1 heterocycles. The van der Waals surface area contributed by atoms with Crippen molar-refractivity contribution in [1.82, 2.24) is 14.8 Å². The molecule has 0 aliphatic rings. The Bertz CT molecular complexity index is 769. The average Bonchev–Trinajstić information content (AvgIpc) is 2.88. The minimum Gasteiger partial charge on any atom is -0.366 e. The summed E-state index contributed by atoms with van der Waals surface area (Å²) in [4.78, 5) is 18.0. The minimum absolute atomic E-state index is 0.427. The smallest absolute Gasteiger partial charge is 0.248 e. The highest BCUT2D eigenvalue weighted by Crippen LogP contribution is 2.15. The number of carbonyl (C=O) groups is 1. The lowest BCUT2D eigenvalue weighted by Crippen LogP contribution is -2.38. The number of hydrogen-bond acceptors (Lipinski definition) is 2. The van der Waals surface area contributed by atoms with E-state index in [0.717, 1.165) is 29.1 Å². The van der Waals surface area contributed by atoms with Crippen LogP contribution in [0.2, 0.25) is 0 Å². The van der Waals surface area contributed by atoms with Gasteiger partial charge in [-0.2, -0.15) is 0 Å². The highest BCUT2D eigenvalue weighted by molar-refractivity contribution is 9.10. The van der Waals surface area contributed by atoms with Crippen molar-refractivity contribution in [1.29, 1.82) is 0 Å². The van der Waals surface area contributed by atoms with Gasteiger partial charge in [0.2, 0.25) is 5.91 Å². The van der Waals surface area contributed by atoms with Crippen molar-refractivity contribution in [2.24, 2.45) is 17.8 Å². The number of aryl methyl sites for hydroxylation is 1. The number of nitrogens with zero attached hydrogens (tertiary/aromatic N) is 3. The van der Waals surface area contributed by atoms with E-state index in [-0.39, 0.29) is 0 Å². The lowest BCUT2D eigenvalue weighted by molar-refractivity contribution is 0.1000. The first-order chi connectivity index (χ1) is 11.9. The molecule has 1 aromatic carbocycles. The molecule has 25 heavy (non-hydrogen) atoms. The summed E-state index contributed by atoms with van der Waals surface area (Å²) in [7, 11) is 4.02. The molecule has 1 amide bonds. The van der Waals surface area contributed by atoms with Crippen LogP contribution < -0.4 is 11.1 Å². The summed E-state index contributed by atoms with van der Waals surface area (Å²) in [5, 5.41) is 3.30. The maximum absolute atomic E-state index is 11.3. The molecule has 0 radical (unpaired) electrons. The van der Waals surface area contributed by atoms with Crippen molar-refractivity contribution in [3.8, 4) is 0 Å². The molecule has 3 N–H and O–H groups in total. The van der Waals surface area contributed by atoms with E-state index < -0.39 is 5.91 Å². The third-order valence-corrected chi connectivity index (χ3v) is 4.23. The first-order valence-corrected chi connectivity index (χ1v) is 8.89. The van der Waals surface area contributed by atoms with E-state index in [1.54, 1.807) is 12.1 Å². The van der Waals surface area contributed by atoms with Gasteiger partial charge in [0.25, 0.3) is 0 Å². The molecule has 134 valence electrons. The topological polar surface area (TPSA) is 75.6 Å². The second-order valence-electron chi connectivity index (χ2n) is 5.85. The Hall–Kier alpha value is -2.28. The van der Waals surface area contributed by atoms with E-state index >= 15 is 0 Å². The first-order valence-electron chi connectivity index (χ1n) is 8.09. The van der Waals surface area contributed by atoms with Crippen LogP contribution in [0.1, 0.15) is 28.5 Å². The Labute approximate surface area is 156 Å². The number of rotatable bonds is 6. The zero-order valence-corrected chi connectivity index (χ0v) is 16.4. The number of aromatic nitrogens is 1. The van der Waals surface area contributed by atoms with Gasteiger partial charge in [0.1, 0.15) is 0 Å². The van der Waals surface area contributed by atoms with E-state index in [0.29, 0.717) is 12.1 Å². The summed E-state index contributed by atoms with van der Waals surface area (Å²) in [5.41, 5.74) is 7.96. The second-order valence-corrected chi connectivity index (χ2v) is 6.77. The van der Waals surface area contributed by atoms with Gasteiger partial charge in [0.05, 0.1) is 13.1 Å². The van der Waals surface area contributed by atoms with Crippen LogP contribution in [-0.4, -0.2) is 34.9 Å². The molecule has 0 aliphatic heterocycles. The van der Waals surface area contributed by atoms with Crippen LogP contribution in [0.5, 0.6) is 0 Å². The van der Waals surface area contributed by atoms with Crippen LogP contribution in [0.4, 0.5) is 0 Å². The molecule has 0 spiro atoms. The summed E-state index contributed by atoms with van der Waals surface area (Å²) in [6, 6.07) is 9.34. The SMILES string of the molecule is CCNC(=NCc1cccc(C(N)=O)c1)N(C)Cc1cc(Br)cn1C. The summed E-state index contributed by atoms with van der Waals surface area (Å²) >= 11 is 3.50. The van der Waals surface area contributed by atoms with Crippen molar-refractivity contribution in [2.75, 3.05) is 13.6 Å². The molecule has 6 nitrogen and oxygen atoms in total. The number of guanidine groups is 1. The fourth-order valence-electron chi connectivity index (χ4n) is 2.50. The van der Waals surface area contributed by atoms with Crippen LogP contribution in [0.15, 0.2) is 46.0 Å². The predicted octanol–water partition coefficient (Wildman–Crippen LogP) is 2.48. The van der Waals surface area contributed by atoms with Gasteiger partial charge >= 0.3 is 0 Å². The second kappa shape index (κ2) is 8.71. The third-order valence-electron chi connectivity index (χ3n) is 3.79. The van der Waals surface area contributed by atoms with Gasteiger partial charge in [0, 0.05) is 42.6 Å². The first kappa shape index (κ1) is 19.1. The number of aliphatic imine (C=N–C) groups is 1. The Morgan fingerprint density at radius 2 is 2.16 bits per heavy atom. The fraction of sp³-hybridized carbons (Fsp3) is 0.333. The zero-order valence-electron chi connectivity index (χ0n) is 14.8.